The molecule has 0 bridgehead atoms. The SMILES string of the molecule is Cc1ccc(Cn2c(=O)c(C(=O)NCc3ccncc3)nn(-c3cccc(Cl)c3)c2=O)cc1. The average Bonchev–Trinajstić information content (AvgIpc) is 2.82. The van der Waals surface area contributed by atoms with Crippen molar-refractivity contribution in [2.45, 2.75) is 20.0 Å². The van der Waals surface area contributed by atoms with Gasteiger partial charge in [0.05, 0.1) is 12.2 Å². The van der Waals surface area contributed by atoms with E-state index < -0.39 is 22.9 Å². The Morgan fingerprint density at radius 1 is 1.00 bits per heavy atom. The standard InChI is InChI=1S/C24H20ClN5O3/c1-16-5-7-18(8-6-16)15-29-23(32)21(22(31)27-14-17-9-11-26-12-10-17)28-30(24(29)33)20-4-2-3-19(25)13-20/h2-13H,14-15H2,1H3,(H,27,31). The third-order valence-electron chi connectivity index (χ3n) is 4.99. The zero-order valence-electron chi connectivity index (χ0n) is 17.7. The summed E-state index contributed by atoms with van der Waals surface area (Å²) in [5, 5.41) is 7.17. The van der Waals surface area contributed by atoms with Crippen molar-refractivity contribution in [1.29, 1.82) is 0 Å². The van der Waals surface area contributed by atoms with E-state index in [4.69, 9.17) is 11.6 Å². The molecular weight excluding hydrogens is 442 g/mol. The van der Waals surface area contributed by atoms with Gasteiger partial charge in [-0.1, -0.05) is 47.5 Å². The Morgan fingerprint density at radius 3 is 2.42 bits per heavy atom. The van der Waals surface area contributed by atoms with Crippen molar-refractivity contribution < 1.29 is 4.79 Å². The van der Waals surface area contributed by atoms with Crippen LogP contribution in [0.4, 0.5) is 0 Å². The van der Waals surface area contributed by atoms with Crippen LogP contribution in [0.25, 0.3) is 5.69 Å². The molecule has 0 saturated carbocycles. The van der Waals surface area contributed by atoms with Gasteiger partial charge < -0.3 is 5.32 Å². The third-order valence-corrected chi connectivity index (χ3v) is 5.23. The second kappa shape index (κ2) is 9.62. The fraction of sp³-hybridized carbons (Fsp3) is 0.125. The van der Waals surface area contributed by atoms with E-state index in [2.05, 4.69) is 15.4 Å². The predicted molar refractivity (Wildman–Crippen MR) is 125 cm³/mol. The maximum Gasteiger partial charge on any atom is 0.352 e. The van der Waals surface area contributed by atoms with Crippen LogP contribution in [0.5, 0.6) is 0 Å². The fourth-order valence-corrected chi connectivity index (χ4v) is 3.40. The first kappa shape index (κ1) is 22.2. The molecule has 1 amide bonds. The topological polar surface area (TPSA) is 98.9 Å². The number of carbonyl (C=O) groups is 1. The molecule has 1 N–H and O–H groups in total. The highest BCUT2D eigenvalue weighted by Crippen LogP contribution is 2.12. The first-order valence-corrected chi connectivity index (χ1v) is 10.5. The molecule has 33 heavy (non-hydrogen) atoms. The molecule has 2 aromatic heterocycles. The summed E-state index contributed by atoms with van der Waals surface area (Å²) in [5.74, 6) is -0.690. The molecule has 9 heteroatoms. The van der Waals surface area contributed by atoms with Crippen LogP contribution in [0.3, 0.4) is 0 Å². The molecular formula is C24H20ClN5O3. The number of rotatable bonds is 6. The largest absolute Gasteiger partial charge is 0.352 e. The van der Waals surface area contributed by atoms with Gasteiger partial charge in [-0.15, -0.1) is 0 Å². The molecule has 0 spiro atoms. The Hall–Kier alpha value is -4.04. The number of halogens is 1. The number of amides is 1. The monoisotopic (exact) mass is 461 g/mol. The molecule has 0 aliphatic heterocycles. The molecule has 2 heterocycles. The van der Waals surface area contributed by atoms with Gasteiger partial charge in [-0.05, 0) is 48.4 Å². The van der Waals surface area contributed by atoms with Crippen LogP contribution in [0.2, 0.25) is 5.02 Å². The van der Waals surface area contributed by atoms with Gasteiger partial charge in [0.2, 0.25) is 5.69 Å². The van der Waals surface area contributed by atoms with Gasteiger partial charge in [-0.3, -0.25) is 19.1 Å². The molecule has 0 fully saturated rings. The molecule has 0 unspecified atom stereocenters. The van der Waals surface area contributed by atoms with Crippen LogP contribution in [-0.2, 0) is 13.1 Å². The minimum Gasteiger partial charge on any atom is -0.346 e. The van der Waals surface area contributed by atoms with Crippen molar-refractivity contribution in [2.75, 3.05) is 0 Å². The molecule has 0 atom stereocenters. The number of benzene rings is 2. The van der Waals surface area contributed by atoms with Crippen molar-refractivity contribution in [3.05, 3.63) is 121 Å². The summed E-state index contributed by atoms with van der Waals surface area (Å²) in [6.45, 7) is 2.11. The highest BCUT2D eigenvalue weighted by Gasteiger charge is 2.20. The van der Waals surface area contributed by atoms with Gasteiger partial charge in [0, 0.05) is 24.0 Å². The number of hydrogen-bond donors (Lipinski definition) is 1. The van der Waals surface area contributed by atoms with Gasteiger partial charge >= 0.3 is 5.69 Å². The van der Waals surface area contributed by atoms with Gasteiger partial charge in [0.1, 0.15) is 0 Å². The number of aromatic nitrogens is 4. The van der Waals surface area contributed by atoms with Crippen LogP contribution < -0.4 is 16.6 Å². The van der Waals surface area contributed by atoms with E-state index in [1.54, 1.807) is 42.7 Å². The first-order chi connectivity index (χ1) is 15.9. The molecule has 0 radical (unpaired) electrons. The minimum absolute atomic E-state index is 0.00827. The summed E-state index contributed by atoms with van der Waals surface area (Å²) in [7, 11) is 0. The van der Waals surface area contributed by atoms with E-state index in [9.17, 15) is 14.4 Å². The minimum atomic E-state index is -0.772. The number of aryl methyl sites for hydroxylation is 1. The Labute approximate surface area is 194 Å². The molecule has 2 aromatic carbocycles. The Kier molecular flexibility index (Phi) is 6.46. The van der Waals surface area contributed by atoms with Crippen LogP contribution in [0.1, 0.15) is 27.2 Å². The number of pyridine rings is 1. The number of nitrogens with one attached hydrogen (secondary N) is 1. The van der Waals surface area contributed by atoms with E-state index in [0.29, 0.717) is 10.7 Å². The van der Waals surface area contributed by atoms with E-state index in [-0.39, 0.29) is 13.1 Å². The summed E-state index contributed by atoms with van der Waals surface area (Å²) in [6, 6.07) is 17.4. The maximum atomic E-state index is 13.2. The van der Waals surface area contributed by atoms with E-state index in [0.717, 1.165) is 25.9 Å². The summed E-state index contributed by atoms with van der Waals surface area (Å²) in [5.41, 5.74) is 1.10. The second-order valence-electron chi connectivity index (χ2n) is 7.44. The van der Waals surface area contributed by atoms with Crippen LogP contribution in [-0.4, -0.2) is 25.2 Å². The lowest BCUT2D eigenvalue weighted by atomic mass is 10.1. The van der Waals surface area contributed by atoms with Crippen molar-refractivity contribution >= 4 is 17.5 Å². The van der Waals surface area contributed by atoms with E-state index in [1.165, 1.54) is 6.07 Å². The van der Waals surface area contributed by atoms with Crippen LogP contribution in [0.15, 0.2) is 82.6 Å². The average molecular weight is 462 g/mol. The normalized spacial score (nSPS) is 10.7. The number of nitrogens with zero attached hydrogens (tertiary/aromatic N) is 4. The smallest absolute Gasteiger partial charge is 0.346 e. The second-order valence-corrected chi connectivity index (χ2v) is 7.87. The van der Waals surface area contributed by atoms with Crippen LogP contribution >= 0.6 is 11.6 Å². The summed E-state index contributed by atoms with van der Waals surface area (Å²) >= 11 is 6.09. The van der Waals surface area contributed by atoms with Crippen molar-refractivity contribution in [1.82, 2.24) is 24.6 Å². The molecule has 166 valence electrons. The molecule has 4 aromatic rings. The van der Waals surface area contributed by atoms with Gasteiger partial charge in [-0.25, -0.2) is 4.79 Å². The van der Waals surface area contributed by atoms with Crippen molar-refractivity contribution in [3.8, 4) is 5.69 Å². The van der Waals surface area contributed by atoms with Gasteiger partial charge in [0.15, 0.2) is 0 Å². The molecule has 0 aliphatic carbocycles. The Balaban J connectivity index is 1.78. The highest BCUT2D eigenvalue weighted by molar-refractivity contribution is 6.30. The highest BCUT2D eigenvalue weighted by atomic mass is 35.5. The van der Waals surface area contributed by atoms with E-state index >= 15 is 0 Å². The van der Waals surface area contributed by atoms with Gasteiger partial charge in [0.25, 0.3) is 11.5 Å². The fourth-order valence-electron chi connectivity index (χ4n) is 3.22. The first-order valence-electron chi connectivity index (χ1n) is 10.1. The predicted octanol–water partition coefficient (Wildman–Crippen LogP) is 2.73. The quantitative estimate of drug-likeness (QED) is 0.476. The Bertz CT molecular complexity index is 1410. The molecule has 4 rings (SSSR count). The molecule has 0 aliphatic rings. The zero-order chi connectivity index (χ0) is 23.4. The van der Waals surface area contributed by atoms with Gasteiger partial charge in [-0.2, -0.15) is 9.78 Å². The lowest BCUT2D eigenvalue weighted by molar-refractivity contribution is 0.0941. The van der Waals surface area contributed by atoms with E-state index in [1.807, 2.05) is 31.2 Å². The maximum absolute atomic E-state index is 13.2. The lowest BCUT2D eigenvalue weighted by Gasteiger charge is -2.13. The molecule has 0 saturated heterocycles. The Morgan fingerprint density at radius 2 is 1.73 bits per heavy atom. The van der Waals surface area contributed by atoms with Crippen LogP contribution in [0, 0.1) is 6.92 Å². The number of hydrogen-bond acceptors (Lipinski definition) is 5. The zero-order valence-corrected chi connectivity index (χ0v) is 18.5. The third kappa shape index (κ3) is 5.07. The summed E-state index contributed by atoms with van der Waals surface area (Å²) in [6.07, 6.45) is 3.21. The van der Waals surface area contributed by atoms with Crippen molar-refractivity contribution in [3.63, 3.8) is 0 Å². The lowest BCUT2D eigenvalue weighted by Crippen LogP contribution is -2.46. The molecule has 8 nitrogen and oxygen atoms in total. The summed E-state index contributed by atoms with van der Waals surface area (Å²) < 4.78 is 2.02. The summed E-state index contributed by atoms with van der Waals surface area (Å²) in [4.78, 5) is 43.2. The number of carbonyl (C=O) groups excluding carboxylic acids is 1. The van der Waals surface area contributed by atoms with Crippen molar-refractivity contribution in [2.24, 2.45) is 0 Å².